The zero-order chi connectivity index (χ0) is 55.9. The molecule has 0 unspecified atom stereocenters. The zero-order valence-corrected chi connectivity index (χ0v) is 43.7. The predicted octanol–water partition coefficient (Wildman–Crippen LogP) is 11.9. The second kappa shape index (κ2) is 23.7. The third-order valence-electron chi connectivity index (χ3n) is 13.6. The minimum Gasteiger partial charge on any atom is -0.479 e. The highest BCUT2D eigenvalue weighted by atomic mass is 19.4. The van der Waals surface area contributed by atoms with Crippen molar-refractivity contribution in [1.82, 2.24) is 43.2 Å². The van der Waals surface area contributed by atoms with E-state index >= 15 is 0 Å². The van der Waals surface area contributed by atoms with E-state index in [0.29, 0.717) is 28.8 Å². The van der Waals surface area contributed by atoms with E-state index in [1.165, 1.54) is 4.68 Å². The van der Waals surface area contributed by atoms with Gasteiger partial charge < -0.3 is 10.0 Å². The van der Waals surface area contributed by atoms with Crippen LogP contribution in [0, 0.1) is 0 Å². The molecule has 14 nitrogen and oxygen atoms in total. The number of hydrogen-bond donors (Lipinski definition) is 1. The summed E-state index contributed by atoms with van der Waals surface area (Å²) in [5.41, 5.74) is 7.15. The monoisotopic (exact) mass is 1070 g/mol. The van der Waals surface area contributed by atoms with Crippen molar-refractivity contribution in [1.29, 1.82) is 0 Å². The van der Waals surface area contributed by atoms with Crippen LogP contribution in [-0.4, -0.2) is 104 Å². The van der Waals surface area contributed by atoms with E-state index in [1.54, 1.807) is 79.8 Å². The summed E-state index contributed by atoms with van der Waals surface area (Å²) in [5, 5.41) is 18.1. The number of aromatic nitrogens is 8. The first-order valence-corrected chi connectivity index (χ1v) is 25.2. The van der Waals surface area contributed by atoms with Crippen molar-refractivity contribution < 1.29 is 50.6 Å². The van der Waals surface area contributed by atoms with Crippen LogP contribution in [0.4, 0.5) is 26.3 Å². The molecule has 6 aromatic heterocycles. The van der Waals surface area contributed by atoms with Crippen LogP contribution in [0.1, 0.15) is 91.2 Å². The van der Waals surface area contributed by atoms with Gasteiger partial charge in [0.25, 0.3) is 0 Å². The topological polar surface area (TPSA) is 162 Å². The second-order valence-corrected chi connectivity index (χ2v) is 20.0. The normalized spacial score (nSPS) is 12.3. The molecule has 0 spiro atoms. The van der Waals surface area contributed by atoms with Crippen LogP contribution >= 0.6 is 0 Å². The Hall–Kier alpha value is -7.74. The fourth-order valence-corrected chi connectivity index (χ4v) is 8.71. The molecule has 0 amide bonds. The molecule has 1 N–H and O–H groups in total. The first-order chi connectivity index (χ1) is 36.3. The molecule has 406 valence electrons. The van der Waals surface area contributed by atoms with Gasteiger partial charge in [-0.2, -0.15) is 36.5 Å². The summed E-state index contributed by atoms with van der Waals surface area (Å²) in [6.45, 7) is 14.0. The van der Waals surface area contributed by atoms with Crippen LogP contribution in [0.25, 0.3) is 56.1 Å². The van der Waals surface area contributed by atoms with E-state index in [-0.39, 0.29) is 18.6 Å². The third-order valence-corrected chi connectivity index (χ3v) is 13.6. The summed E-state index contributed by atoms with van der Waals surface area (Å²) in [4.78, 5) is 60.0. The van der Waals surface area contributed by atoms with Crippen LogP contribution in [0.2, 0.25) is 0 Å². The van der Waals surface area contributed by atoms with Crippen LogP contribution in [0.15, 0.2) is 122 Å². The highest BCUT2D eigenvalue weighted by molar-refractivity contribution is 5.86. The Labute approximate surface area is 441 Å². The van der Waals surface area contributed by atoms with Crippen molar-refractivity contribution in [3.63, 3.8) is 0 Å². The fraction of sp³-hybridized carbons (Fsp3) is 0.368. The van der Waals surface area contributed by atoms with Crippen LogP contribution in [-0.2, 0) is 43.1 Å². The van der Waals surface area contributed by atoms with E-state index in [2.05, 4.69) is 38.9 Å². The Morgan fingerprint density at radius 1 is 0.558 bits per heavy atom. The minimum atomic E-state index is -4.35. The number of carbonyl (C=O) groups is 4. The van der Waals surface area contributed by atoms with Crippen LogP contribution in [0.5, 0.6) is 0 Å². The Kier molecular flexibility index (Phi) is 17.5. The molecule has 0 aliphatic rings. The van der Waals surface area contributed by atoms with Gasteiger partial charge in [0, 0.05) is 79.1 Å². The van der Waals surface area contributed by atoms with Gasteiger partial charge in [0.1, 0.15) is 28.4 Å². The maximum Gasteiger partial charge on any atom is 0.389 e. The van der Waals surface area contributed by atoms with Crippen LogP contribution in [0.3, 0.4) is 0 Å². The molecule has 20 heteroatoms. The number of benzene rings is 2. The van der Waals surface area contributed by atoms with Crippen molar-refractivity contribution in [3.8, 4) is 44.8 Å². The molecule has 0 aliphatic heterocycles. The number of hydrogen-bond acceptors (Lipinski definition) is 9. The van der Waals surface area contributed by atoms with Gasteiger partial charge in [-0.25, -0.2) is 14.8 Å². The summed E-state index contributed by atoms with van der Waals surface area (Å²) in [6, 6.07) is 21.9. The second-order valence-electron chi connectivity index (χ2n) is 20.0. The third kappa shape index (κ3) is 14.4. The van der Waals surface area contributed by atoms with Crippen LogP contribution < -0.4 is 0 Å². The fourth-order valence-electron chi connectivity index (χ4n) is 8.71. The highest BCUT2D eigenvalue weighted by Crippen LogP contribution is 2.31. The number of aliphatic carboxylic acids is 1. The van der Waals surface area contributed by atoms with E-state index in [1.807, 2.05) is 83.7 Å². The lowest BCUT2D eigenvalue weighted by Crippen LogP contribution is -2.36. The molecule has 0 radical (unpaired) electrons. The number of ketones is 3. The lowest BCUT2D eigenvalue weighted by molar-refractivity contribution is -0.146. The Morgan fingerprint density at radius 2 is 1.00 bits per heavy atom. The van der Waals surface area contributed by atoms with E-state index in [4.69, 9.17) is 0 Å². The van der Waals surface area contributed by atoms with Crippen molar-refractivity contribution in [3.05, 3.63) is 133 Å². The molecular weight excluding hydrogens is 1000 g/mol. The standard InChI is InChI=1S/C32H38F3N5O2.C25H23F3N4O3/c1-5-38(6-2)15-8-11-29(42)31(3,4)40-22-26(20-37-40)24-13-16-39-28(21-36-30(39)19-24)25-10-7-9-23(17-25)18-27(41)12-14-32(33,34)35;1-24(2,23(34)35)32-15-19(13-30-32)17-7-9-31-21(14-29-22(31)12-17)18-5-3-4-16(10-18)11-20(33)6-8-25(26,27)28/h7,9-10,13,16-17,19-22H,5-6,8,11-12,14-15,18H2,1-4H3;3-5,7,9-10,12-15H,6,8,11H2,1-2H3,(H,34,35). The number of nitrogens with zero attached hydrogens (tertiary/aromatic N) is 9. The largest absolute Gasteiger partial charge is 0.479 e. The smallest absolute Gasteiger partial charge is 0.389 e. The number of carboxylic acids is 1. The van der Waals surface area contributed by atoms with Crippen molar-refractivity contribution in [2.24, 2.45) is 0 Å². The number of Topliss-reactive ketones (excluding diaryl/α,β-unsaturated/α-hetero) is 3. The zero-order valence-electron chi connectivity index (χ0n) is 43.7. The number of fused-ring (bicyclic) bond motifs is 2. The molecule has 0 saturated carbocycles. The number of carboxylic acid groups (broad SMARTS) is 1. The van der Waals surface area contributed by atoms with Gasteiger partial charge >= 0.3 is 18.3 Å². The van der Waals surface area contributed by atoms with Gasteiger partial charge in [-0.15, -0.1) is 0 Å². The van der Waals surface area contributed by atoms with E-state index in [9.17, 15) is 50.6 Å². The summed E-state index contributed by atoms with van der Waals surface area (Å²) in [6.07, 6.45) is 3.25. The molecule has 0 aliphatic carbocycles. The molecule has 8 rings (SSSR count). The number of imidazole rings is 2. The number of alkyl halides is 6. The number of pyridine rings is 2. The number of carbonyl (C=O) groups excluding carboxylic acids is 3. The first-order valence-electron chi connectivity index (χ1n) is 25.2. The average Bonchev–Trinajstić information content (AvgIpc) is 4.25. The average molecular weight is 1070 g/mol. The van der Waals surface area contributed by atoms with Gasteiger partial charge in [-0.1, -0.05) is 50.2 Å². The summed E-state index contributed by atoms with van der Waals surface area (Å²) in [5.74, 6) is -1.77. The van der Waals surface area contributed by atoms with Crippen molar-refractivity contribution in [2.45, 2.75) is 116 Å². The maximum atomic E-state index is 13.1. The van der Waals surface area contributed by atoms with Gasteiger partial charge in [0.15, 0.2) is 11.3 Å². The SMILES string of the molecule is CC(C)(C(=O)O)n1cc(-c2ccn3c(-c4cccc(CC(=O)CCC(F)(F)F)c4)cnc3c2)cn1.CCN(CC)CCCC(=O)C(C)(C)n1cc(-c2ccn3c(-c4cccc(CC(=O)CCC(F)(F)F)c4)cnc3c2)cn1. The van der Waals surface area contributed by atoms with Crippen molar-refractivity contribution in [2.75, 3.05) is 19.6 Å². The quantitative estimate of drug-likeness (QED) is 0.0647. The Bertz CT molecular complexity index is 3380. The van der Waals surface area contributed by atoms with Crippen molar-refractivity contribution >= 4 is 34.6 Å². The minimum absolute atomic E-state index is 0.0520. The van der Waals surface area contributed by atoms with Gasteiger partial charge in [-0.05, 0) is 112 Å². The Morgan fingerprint density at radius 3 is 1.42 bits per heavy atom. The summed E-state index contributed by atoms with van der Waals surface area (Å²) >= 11 is 0. The molecular formula is C57H61F6N9O5. The van der Waals surface area contributed by atoms with Gasteiger partial charge in [-0.3, -0.25) is 32.5 Å². The molecule has 77 heavy (non-hydrogen) atoms. The molecule has 8 aromatic rings. The highest BCUT2D eigenvalue weighted by Gasteiger charge is 2.32. The molecule has 2 aromatic carbocycles. The predicted molar refractivity (Wildman–Crippen MR) is 280 cm³/mol. The lowest BCUT2D eigenvalue weighted by Gasteiger charge is -2.25. The van der Waals surface area contributed by atoms with E-state index < -0.39 is 66.6 Å². The lowest BCUT2D eigenvalue weighted by atomic mass is 9.95. The Balaban J connectivity index is 0.000000227. The van der Waals surface area contributed by atoms with E-state index in [0.717, 1.165) is 70.8 Å². The molecule has 0 fully saturated rings. The molecule has 6 heterocycles. The first kappa shape index (κ1) is 57.0. The van der Waals surface area contributed by atoms with Gasteiger partial charge in [0.05, 0.1) is 49.0 Å². The maximum absolute atomic E-state index is 13.1. The molecule has 0 bridgehead atoms. The summed E-state index contributed by atoms with van der Waals surface area (Å²) < 4.78 is 81.5. The number of rotatable bonds is 22. The van der Waals surface area contributed by atoms with Gasteiger partial charge in [0.2, 0.25) is 0 Å². The molecule has 0 saturated heterocycles. The number of halogens is 6. The summed E-state index contributed by atoms with van der Waals surface area (Å²) in [7, 11) is 0. The molecule has 0 atom stereocenters.